The van der Waals surface area contributed by atoms with Gasteiger partial charge in [0.15, 0.2) is 0 Å². The van der Waals surface area contributed by atoms with Crippen LogP contribution >= 0.6 is 0 Å². The second-order valence-corrected chi connectivity index (χ2v) is 2.28. The average molecular weight is 156 g/mol. The van der Waals surface area contributed by atoms with Gasteiger partial charge in [0.05, 0.1) is 19.1 Å². The van der Waals surface area contributed by atoms with Gasteiger partial charge in [-0.05, 0) is 13.8 Å². The van der Waals surface area contributed by atoms with E-state index in [1.807, 2.05) is 0 Å². The highest BCUT2D eigenvalue weighted by molar-refractivity contribution is 4.48. The molecule has 62 valence electrons. The summed E-state index contributed by atoms with van der Waals surface area (Å²) in [5, 5.41) is 0. The molecule has 0 bridgehead atoms. The summed E-state index contributed by atoms with van der Waals surface area (Å²) in [6.45, 7) is 3.17. The fraction of sp³-hybridized carbons (Fsp3) is 1.00. The van der Waals surface area contributed by atoms with Crippen molar-refractivity contribution < 1.29 is 17.9 Å². The molecule has 0 aliphatic carbocycles. The lowest BCUT2D eigenvalue weighted by Gasteiger charge is -2.08. The highest BCUT2D eigenvalue weighted by Crippen LogP contribution is 2.19. The van der Waals surface area contributed by atoms with Crippen LogP contribution in [0.1, 0.15) is 20.3 Å². The van der Waals surface area contributed by atoms with Gasteiger partial charge in [0.2, 0.25) is 0 Å². The molecule has 0 rings (SSSR count). The van der Waals surface area contributed by atoms with Crippen LogP contribution in [-0.4, -0.2) is 18.9 Å². The largest absolute Gasteiger partial charge is 0.391 e. The van der Waals surface area contributed by atoms with Crippen molar-refractivity contribution >= 4 is 0 Å². The van der Waals surface area contributed by atoms with Crippen molar-refractivity contribution in [2.75, 3.05) is 6.61 Å². The molecule has 0 radical (unpaired) electrons. The number of hydrogen-bond acceptors (Lipinski definition) is 1. The molecule has 0 amide bonds. The second kappa shape index (κ2) is 3.81. The summed E-state index contributed by atoms with van der Waals surface area (Å²) in [4.78, 5) is 0. The predicted octanol–water partition coefficient (Wildman–Crippen LogP) is 2.36. The van der Waals surface area contributed by atoms with Gasteiger partial charge in [-0.1, -0.05) is 0 Å². The standard InChI is InChI=1S/C6H11F3O/c1-5(2)10-4-3-6(7,8)9/h5H,3-4H2,1-2H3. The maximum atomic E-state index is 11.4. The van der Waals surface area contributed by atoms with Gasteiger partial charge in [0.1, 0.15) is 0 Å². The molecule has 0 aliphatic heterocycles. The SMILES string of the molecule is CC(C)OCCC(F)(F)F. The molecule has 0 aromatic heterocycles. The third kappa shape index (κ3) is 7.75. The number of alkyl halides is 3. The lowest BCUT2D eigenvalue weighted by atomic mass is 10.4. The Morgan fingerprint density at radius 2 is 1.80 bits per heavy atom. The quantitative estimate of drug-likeness (QED) is 0.609. The molecular weight excluding hydrogens is 145 g/mol. The van der Waals surface area contributed by atoms with E-state index < -0.39 is 12.6 Å². The minimum atomic E-state index is -4.09. The lowest BCUT2D eigenvalue weighted by molar-refractivity contribution is -0.147. The van der Waals surface area contributed by atoms with E-state index in [1.165, 1.54) is 0 Å². The van der Waals surface area contributed by atoms with Gasteiger partial charge in [0.25, 0.3) is 0 Å². The van der Waals surface area contributed by atoms with Gasteiger partial charge in [-0.25, -0.2) is 0 Å². The van der Waals surface area contributed by atoms with E-state index in [2.05, 4.69) is 0 Å². The van der Waals surface area contributed by atoms with Crippen LogP contribution in [0.4, 0.5) is 13.2 Å². The van der Waals surface area contributed by atoms with Crippen molar-refractivity contribution in [3.63, 3.8) is 0 Å². The Morgan fingerprint density at radius 1 is 1.30 bits per heavy atom. The van der Waals surface area contributed by atoms with Crippen molar-refractivity contribution in [3.05, 3.63) is 0 Å². The van der Waals surface area contributed by atoms with Crippen LogP contribution in [-0.2, 0) is 4.74 Å². The highest BCUT2D eigenvalue weighted by atomic mass is 19.4. The summed E-state index contributed by atoms with van der Waals surface area (Å²) in [5.41, 5.74) is 0. The Kier molecular flexibility index (Phi) is 3.71. The molecule has 0 saturated heterocycles. The first kappa shape index (κ1) is 9.75. The number of halogens is 3. The second-order valence-electron chi connectivity index (χ2n) is 2.28. The molecule has 0 fully saturated rings. The van der Waals surface area contributed by atoms with E-state index in [1.54, 1.807) is 13.8 Å². The molecule has 4 heteroatoms. The van der Waals surface area contributed by atoms with E-state index in [9.17, 15) is 13.2 Å². The van der Waals surface area contributed by atoms with Crippen LogP contribution in [0.15, 0.2) is 0 Å². The minimum Gasteiger partial charge on any atom is -0.378 e. The van der Waals surface area contributed by atoms with E-state index in [-0.39, 0.29) is 12.7 Å². The molecule has 0 heterocycles. The van der Waals surface area contributed by atoms with E-state index in [4.69, 9.17) is 4.74 Å². The Labute approximate surface area is 58.2 Å². The Bertz CT molecular complexity index is 87.5. The zero-order chi connectivity index (χ0) is 8.20. The van der Waals surface area contributed by atoms with E-state index in [0.717, 1.165) is 0 Å². The molecule has 10 heavy (non-hydrogen) atoms. The van der Waals surface area contributed by atoms with Gasteiger partial charge < -0.3 is 4.74 Å². The van der Waals surface area contributed by atoms with Crippen LogP contribution in [0.25, 0.3) is 0 Å². The first-order chi connectivity index (χ1) is 4.42. The average Bonchev–Trinajstić information content (AvgIpc) is 1.59. The summed E-state index contributed by atoms with van der Waals surface area (Å²) in [5.74, 6) is 0. The van der Waals surface area contributed by atoms with Crippen molar-refractivity contribution in [3.8, 4) is 0 Å². The van der Waals surface area contributed by atoms with Crippen molar-refractivity contribution in [1.29, 1.82) is 0 Å². The highest BCUT2D eigenvalue weighted by Gasteiger charge is 2.26. The predicted molar refractivity (Wildman–Crippen MR) is 31.8 cm³/mol. The summed E-state index contributed by atoms with van der Waals surface area (Å²) in [6, 6.07) is 0. The zero-order valence-corrected chi connectivity index (χ0v) is 6.03. The minimum absolute atomic E-state index is 0.123. The summed E-state index contributed by atoms with van der Waals surface area (Å²) >= 11 is 0. The molecule has 0 aromatic rings. The maximum Gasteiger partial charge on any atom is 0.391 e. The molecule has 1 nitrogen and oxygen atoms in total. The van der Waals surface area contributed by atoms with Gasteiger partial charge in [-0.15, -0.1) is 0 Å². The first-order valence-electron chi connectivity index (χ1n) is 3.10. The van der Waals surface area contributed by atoms with E-state index >= 15 is 0 Å². The van der Waals surface area contributed by atoms with Gasteiger partial charge >= 0.3 is 6.18 Å². The summed E-state index contributed by atoms with van der Waals surface area (Å²) < 4.78 is 39.0. The van der Waals surface area contributed by atoms with Crippen LogP contribution in [0.5, 0.6) is 0 Å². The van der Waals surface area contributed by atoms with Crippen LogP contribution in [0, 0.1) is 0 Å². The normalized spacial score (nSPS) is 12.6. The Hall–Kier alpha value is -0.250. The fourth-order valence-electron chi connectivity index (χ4n) is 0.410. The van der Waals surface area contributed by atoms with Gasteiger partial charge in [0, 0.05) is 0 Å². The van der Waals surface area contributed by atoms with Crippen molar-refractivity contribution in [2.24, 2.45) is 0 Å². The summed E-state index contributed by atoms with van der Waals surface area (Å²) in [6.07, 6.45) is -5.07. The Balaban J connectivity index is 3.21. The molecule has 0 aromatic carbocycles. The molecule has 0 spiro atoms. The topological polar surface area (TPSA) is 9.23 Å². The Morgan fingerprint density at radius 3 is 2.10 bits per heavy atom. The number of rotatable bonds is 3. The molecule has 0 saturated carbocycles. The molecule has 0 unspecified atom stereocenters. The molecule has 0 N–H and O–H groups in total. The third-order valence-corrected chi connectivity index (χ3v) is 0.837. The number of hydrogen-bond donors (Lipinski definition) is 0. The molecule has 0 atom stereocenters. The third-order valence-electron chi connectivity index (χ3n) is 0.837. The fourth-order valence-corrected chi connectivity index (χ4v) is 0.410. The smallest absolute Gasteiger partial charge is 0.378 e. The van der Waals surface area contributed by atoms with Gasteiger partial charge in [-0.3, -0.25) is 0 Å². The van der Waals surface area contributed by atoms with Crippen LogP contribution in [0.2, 0.25) is 0 Å². The monoisotopic (exact) mass is 156 g/mol. The molecular formula is C6H11F3O. The zero-order valence-electron chi connectivity index (χ0n) is 6.03. The van der Waals surface area contributed by atoms with Crippen molar-refractivity contribution in [2.45, 2.75) is 32.5 Å². The van der Waals surface area contributed by atoms with Crippen LogP contribution in [0.3, 0.4) is 0 Å². The van der Waals surface area contributed by atoms with Crippen LogP contribution < -0.4 is 0 Å². The number of ether oxygens (including phenoxy) is 1. The lowest BCUT2D eigenvalue weighted by Crippen LogP contribution is -2.14. The van der Waals surface area contributed by atoms with E-state index in [0.29, 0.717) is 0 Å². The first-order valence-corrected chi connectivity index (χ1v) is 3.10. The maximum absolute atomic E-state index is 11.4. The molecule has 0 aliphatic rings. The summed E-state index contributed by atoms with van der Waals surface area (Å²) in [7, 11) is 0. The van der Waals surface area contributed by atoms with Gasteiger partial charge in [-0.2, -0.15) is 13.2 Å². The van der Waals surface area contributed by atoms with Crippen molar-refractivity contribution in [1.82, 2.24) is 0 Å².